The van der Waals surface area contributed by atoms with Crippen molar-refractivity contribution in [2.75, 3.05) is 26.2 Å². The molecule has 0 amide bonds. The Hall–Kier alpha value is -0.330. The molecule has 0 atom stereocenters. The van der Waals surface area contributed by atoms with E-state index in [-0.39, 0.29) is 0 Å². The average molecular weight is 244 g/mol. The molecule has 0 saturated carbocycles. The average Bonchev–Trinajstić information content (AvgIpc) is 2.20. The summed E-state index contributed by atoms with van der Waals surface area (Å²) in [6.45, 7) is 14.8. The molecule has 96 valence electrons. The third kappa shape index (κ3) is 8.94. The summed E-state index contributed by atoms with van der Waals surface area (Å²) in [6, 6.07) is 0. The van der Waals surface area contributed by atoms with Gasteiger partial charge in [0.25, 0.3) is 0 Å². The molecule has 3 heteroatoms. The van der Waals surface area contributed by atoms with Gasteiger partial charge in [-0.1, -0.05) is 33.1 Å². The lowest BCUT2D eigenvalue weighted by Gasteiger charge is -2.38. The van der Waals surface area contributed by atoms with Crippen LogP contribution in [0.2, 0.25) is 0 Å². The maximum Gasteiger partial charge on any atom is 0.0783 e. The standard InChI is InChI=1S/C12H28N.CHNS/c1-5-9-13(10-6-2,11-7-3)12-8-4;2-1-3/h5-12H2,1-4H3;3H/q+1;/p-1. The van der Waals surface area contributed by atoms with Crippen molar-refractivity contribution in [3.63, 3.8) is 0 Å². The van der Waals surface area contributed by atoms with Crippen LogP contribution in [0.1, 0.15) is 53.4 Å². The van der Waals surface area contributed by atoms with Gasteiger partial charge in [-0.25, -0.2) is 5.26 Å². The number of hydrogen-bond donors (Lipinski definition) is 0. The quantitative estimate of drug-likeness (QED) is 0.371. The lowest BCUT2D eigenvalue weighted by molar-refractivity contribution is -0.928. The summed E-state index contributed by atoms with van der Waals surface area (Å²) in [6.07, 6.45) is 5.33. The van der Waals surface area contributed by atoms with Gasteiger partial charge in [0.15, 0.2) is 0 Å². The van der Waals surface area contributed by atoms with E-state index in [4.69, 9.17) is 5.26 Å². The SMILES string of the molecule is CCC[N+](CCC)(CCC)CCC.N#C[S-]. The molecule has 0 radical (unpaired) electrons. The maximum absolute atomic E-state index is 7.13. The van der Waals surface area contributed by atoms with E-state index in [9.17, 15) is 0 Å². The van der Waals surface area contributed by atoms with Crippen molar-refractivity contribution in [3.8, 4) is 5.40 Å². The predicted molar refractivity (Wildman–Crippen MR) is 73.9 cm³/mol. The minimum absolute atomic E-state index is 1.33. The molecule has 0 heterocycles. The highest BCUT2D eigenvalue weighted by molar-refractivity contribution is 7.64. The Kier molecular flexibility index (Phi) is 14.4. The fourth-order valence-corrected chi connectivity index (χ4v) is 2.57. The molecule has 0 aliphatic heterocycles. The van der Waals surface area contributed by atoms with Crippen LogP contribution < -0.4 is 0 Å². The second-order valence-corrected chi connectivity index (χ2v) is 4.51. The Morgan fingerprint density at radius 1 is 0.812 bits per heavy atom. The van der Waals surface area contributed by atoms with Gasteiger partial charge in [0.05, 0.1) is 26.2 Å². The fraction of sp³-hybridized carbons (Fsp3) is 0.923. The summed E-state index contributed by atoms with van der Waals surface area (Å²) in [5.74, 6) is 0. The first-order valence-corrected chi connectivity index (χ1v) is 6.93. The van der Waals surface area contributed by atoms with E-state index < -0.39 is 0 Å². The normalized spacial score (nSPS) is 10.2. The lowest BCUT2D eigenvalue weighted by atomic mass is 10.2. The molecule has 0 spiro atoms. The van der Waals surface area contributed by atoms with Gasteiger partial charge in [0.2, 0.25) is 0 Å². The Labute approximate surface area is 108 Å². The zero-order valence-electron chi connectivity index (χ0n) is 11.5. The molecule has 16 heavy (non-hydrogen) atoms. The summed E-state index contributed by atoms with van der Waals surface area (Å²) >= 11 is 3.70. The maximum atomic E-state index is 7.13. The van der Waals surface area contributed by atoms with Crippen molar-refractivity contribution in [3.05, 3.63) is 0 Å². The van der Waals surface area contributed by atoms with Crippen LogP contribution in [-0.4, -0.2) is 30.7 Å². The van der Waals surface area contributed by atoms with Gasteiger partial charge >= 0.3 is 0 Å². The molecular weight excluding hydrogens is 216 g/mol. The fourth-order valence-electron chi connectivity index (χ4n) is 2.57. The summed E-state index contributed by atoms with van der Waals surface area (Å²) in [5.41, 5.74) is 0. The van der Waals surface area contributed by atoms with Crippen molar-refractivity contribution >= 4 is 12.6 Å². The van der Waals surface area contributed by atoms with E-state index in [1.165, 1.54) is 61.7 Å². The molecule has 0 aromatic carbocycles. The molecule has 0 bridgehead atoms. The second kappa shape index (κ2) is 12.7. The summed E-state index contributed by atoms with van der Waals surface area (Å²) in [4.78, 5) is 0. The Morgan fingerprint density at radius 2 is 1.00 bits per heavy atom. The zero-order chi connectivity index (χ0) is 12.9. The van der Waals surface area contributed by atoms with Crippen molar-refractivity contribution < 1.29 is 4.48 Å². The van der Waals surface area contributed by atoms with Crippen molar-refractivity contribution in [2.45, 2.75) is 53.4 Å². The third-order valence-electron chi connectivity index (χ3n) is 2.79. The van der Waals surface area contributed by atoms with Gasteiger partial charge in [0.1, 0.15) is 0 Å². The lowest BCUT2D eigenvalue weighted by Crippen LogP contribution is -2.50. The van der Waals surface area contributed by atoms with Crippen LogP contribution in [-0.2, 0) is 12.6 Å². The zero-order valence-corrected chi connectivity index (χ0v) is 12.3. The Bertz CT molecular complexity index is 146. The van der Waals surface area contributed by atoms with E-state index >= 15 is 0 Å². The van der Waals surface area contributed by atoms with Gasteiger partial charge in [-0.2, -0.15) is 0 Å². The Balaban J connectivity index is 0. The summed E-state index contributed by atoms with van der Waals surface area (Å²) < 4.78 is 1.38. The molecule has 0 N–H and O–H groups in total. The van der Waals surface area contributed by atoms with E-state index in [1.54, 1.807) is 0 Å². The van der Waals surface area contributed by atoms with Crippen LogP contribution in [0.3, 0.4) is 0 Å². The number of hydrogen-bond acceptors (Lipinski definition) is 2. The molecule has 0 aliphatic rings. The van der Waals surface area contributed by atoms with Crippen LogP contribution in [0.25, 0.3) is 0 Å². The van der Waals surface area contributed by atoms with Crippen molar-refractivity contribution in [2.24, 2.45) is 0 Å². The smallest absolute Gasteiger partial charge is 0.0783 e. The minimum Gasteiger partial charge on any atom is -0.696 e. The van der Waals surface area contributed by atoms with Gasteiger partial charge in [-0.15, -0.1) is 0 Å². The highest BCUT2D eigenvalue weighted by Crippen LogP contribution is 2.12. The van der Waals surface area contributed by atoms with Gasteiger partial charge < -0.3 is 17.1 Å². The van der Waals surface area contributed by atoms with E-state index in [0.717, 1.165) is 0 Å². The number of quaternary nitrogens is 1. The third-order valence-corrected chi connectivity index (χ3v) is 2.79. The topological polar surface area (TPSA) is 23.8 Å². The Morgan fingerprint density at radius 3 is 1.12 bits per heavy atom. The van der Waals surface area contributed by atoms with Crippen LogP contribution in [0.15, 0.2) is 0 Å². The summed E-state index contributed by atoms with van der Waals surface area (Å²) in [7, 11) is 0. The first-order valence-electron chi connectivity index (χ1n) is 6.52. The molecule has 0 unspecified atom stereocenters. The predicted octanol–water partition coefficient (Wildman–Crippen LogP) is 3.46. The van der Waals surface area contributed by atoms with E-state index in [2.05, 4.69) is 40.3 Å². The number of rotatable bonds is 8. The van der Waals surface area contributed by atoms with Crippen LogP contribution >= 0.6 is 0 Å². The van der Waals surface area contributed by atoms with Crippen molar-refractivity contribution in [1.82, 2.24) is 0 Å². The van der Waals surface area contributed by atoms with Crippen molar-refractivity contribution in [1.29, 1.82) is 5.26 Å². The minimum atomic E-state index is 1.33. The molecule has 0 aromatic heterocycles. The van der Waals surface area contributed by atoms with Gasteiger partial charge in [-0.3, -0.25) is 0 Å². The van der Waals surface area contributed by atoms with Crippen LogP contribution in [0.4, 0.5) is 0 Å². The molecule has 0 aliphatic carbocycles. The largest absolute Gasteiger partial charge is 0.696 e. The molecule has 0 rings (SSSR count). The van der Waals surface area contributed by atoms with Crippen LogP contribution in [0.5, 0.6) is 0 Å². The highest BCUT2D eigenvalue weighted by atomic mass is 32.1. The first-order chi connectivity index (χ1) is 7.66. The van der Waals surface area contributed by atoms with E-state index in [1.807, 2.05) is 0 Å². The number of nitrogens with zero attached hydrogens (tertiary/aromatic N) is 2. The van der Waals surface area contributed by atoms with Gasteiger partial charge in [-0.05, 0) is 25.7 Å². The molecule has 0 saturated heterocycles. The van der Waals surface area contributed by atoms with E-state index in [0.29, 0.717) is 0 Å². The molecular formula is C13H28N2S. The first kappa shape index (κ1) is 18.0. The second-order valence-electron chi connectivity index (χ2n) is 4.33. The monoisotopic (exact) mass is 244 g/mol. The summed E-state index contributed by atoms with van der Waals surface area (Å²) in [5, 5.41) is 8.47. The van der Waals surface area contributed by atoms with Crippen LogP contribution in [0, 0.1) is 10.7 Å². The molecule has 2 nitrogen and oxygen atoms in total. The number of nitriles is 1. The van der Waals surface area contributed by atoms with Gasteiger partial charge in [0, 0.05) is 0 Å². The highest BCUT2D eigenvalue weighted by Gasteiger charge is 2.22. The molecule has 0 fully saturated rings. The molecule has 0 aromatic rings. The number of thiocyanates is 1.